The van der Waals surface area contributed by atoms with Crippen LogP contribution in [0.2, 0.25) is 0 Å². The van der Waals surface area contributed by atoms with E-state index in [0.29, 0.717) is 24.6 Å². The average Bonchev–Trinajstić information content (AvgIpc) is 2.91. The summed E-state index contributed by atoms with van der Waals surface area (Å²) in [6.07, 6.45) is 0. The molecule has 94 valence electrons. The molecule has 0 saturated heterocycles. The number of nitrogens with zero attached hydrogens (tertiary/aromatic N) is 3. The number of amides is 1. The van der Waals surface area contributed by atoms with E-state index in [9.17, 15) is 4.79 Å². The molecule has 0 unspecified atom stereocenters. The molecule has 0 bridgehead atoms. The minimum Gasteiger partial charge on any atom is -0.492 e. The first-order valence-electron chi connectivity index (χ1n) is 5.27. The van der Waals surface area contributed by atoms with Gasteiger partial charge in [-0.1, -0.05) is 6.07 Å². The van der Waals surface area contributed by atoms with Gasteiger partial charge in [-0.25, -0.2) is 0 Å². The molecule has 18 heavy (non-hydrogen) atoms. The molecule has 8 nitrogen and oxygen atoms in total. The number of benzene rings is 1. The van der Waals surface area contributed by atoms with Crippen molar-refractivity contribution in [2.75, 3.05) is 18.5 Å². The highest BCUT2D eigenvalue weighted by atomic mass is 16.5. The van der Waals surface area contributed by atoms with Gasteiger partial charge in [0.25, 0.3) is 11.7 Å². The molecular formula is C10H12N6O2. The van der Waals surface area contributed by atoms with E-state index in [1.165, 1.54) is 0 Å². The third kappa shape index (κ3) is 3.01. The van der Waals surface area contributed by atoms with Gasteiger partial charge in [0, 0.05) is 18.3 Å². The molecule has 1 heterocycles. The number of rotatable bonds is 5. The van der Waals surface area contributed by atoms with E-state index >= 15 is 0 Å². The first kappa shape index (κ1) is 12.0. The first-order valence-corrected chi connectivity index (χ1v) is 5.27. The van der Waals surface area contributed by atoms with Crippen LogP contribution in [0.25, 0.3) is 0 Å². The van der Waals surface area contributed by atoms with Crippen LogP contribution in [-0.2, 0) is 0 Å². The van der Waals surface area contributed by atoms with Crippen LogP contribution in [0.1, 0.15) is 10.6 Å². The molecule has 1 amide bonds. The maximum absolute atomic E-state index is 11.6. The van der Waals surface area contributed by atoms with Gasteiger partial charge in [0.1, 0.15) is 12.4 Å². The minimum absolute atomic E-state index is 0.0247. The molecule has 0 aliphatic heterocycles. The number of carbonyl (C=O) groups excluding carboxylic acids is 1. The molecule has 0 fully saturated rings. The molecule has 0 aliphatic rings. The molecule has 1 aromatic heterocycles. The largest absolute Gasteiger partial charge is 0.492 e. The fourth-order valence-corrected chi connectivity index (χ4v) is 1.29. The van der Waals surface area contributed by atoms with E-state index in [-0.39, 0.29) is 5.82 Å². The summed E-state index contributed by atoms with van der Waals surface area (Å²) in [6, 6.07) is 6.96. The van der Waals surface area contributed by atoms with Gasteiger partial charge in [-0.2, -0.15) is 5.21 Å². The van der Waals surface area contributed by atoms with Gasteiger partial charge in [0.05, 0.1) is 0 Å². The summed E-state index contributed by atoms with van der Waals surface area (Å²) in [5, 5.41) is 15.3. The Balaban J connectivity index is 2.03. The zero-order chi connectivity index (χ0) is 12.8. The molecule has 2 rings (SSSR count). The number of anilines is 1. The third-order valence-corrected chi connectivity index (χ3v) is 2.03. The molecule has 1 aromatic carbocycles. The Labute approximate surface area is 103 Å². The van der Waals surface area contributed by atoms with Crippen LogP contribution in [0.3, 0.4) is 0 Å². The highest BCUT2D eigenvalue weighted by Crippen LogP contribution is 2.17. The molecule has 0 spiro atoms. The standard InChI is InChI=1S/C10H12N6O2/c11-4-5-18-8-3-1-2-7(6-8)12-10(17)9-13-15-16-14-9/h1-3,6H,4-5,11H2,(H,12,17)(H,13,14,15,16). The van der Waals surface area contributed by atoms with Crippen LogP contribution in [-0.4, -0.2) is 39.7 Å². The lowest BCUT2D eigenvalue weighted by Gasteiger charge is -2.07. The number of nitrogens with one attached hydrogen (secondary N) is 2. The van der Waals surface area contributed by atoms with Gasteiger partial charge in [-0.3, -0.25) is 4.79 Å². The highest BCUT2D eigenvalue weighted by Gasteiger charge is 2.10. The summed E-state index contributed by atoms with van der Waals surface area (Å²) < 4.78 is 5.34. The van der Waals surface area contributed by atoms with Crippen LogP contribution in [0, 0.1) is 0 Å². The van der Waals surface area contributed by atoms with E-state index in [1.807, 2.05) is 0 Å². The normalized spacial score (nSPS) is 10.1. The van der Waals surface area contributed by atoms with E-state index < -0.39 is 5.91 Å². The van der Waals surface area contributed by atoms with Crippen molar-refractivity contribution in [3.05, 3.63) is 30.1 Å². The molecule has 4 N–H and O–H groups in total. The molecule has 0 saturated carbocycles. The van der Waals surface area contributed by atoms with Crippen molar-refractivity contribution in [3.63, 3.8) is 0 Å². The monoisotopic (exact) mass is 248 g/mol. The lowest BCUT2D eigenvalue weighted by atomic mass is 10.3. The summed E-state index contributed by atoms with van der Waals surface area (Å²) in [7, 11) is 0. The SMILES string of the molecule is NCCOc1cccc(NC(=O)c2nn[nH]n2)c1. The van der Waals surface area contributed by atoms with E-state index in [0.717, 1.165) is 0 Å². The number of aromatic amines is 1. The van der Waals surface area contributed by atoms with Gasteiger partial charge in [-0.05, 0) is 17.3 Å². The number of H-pyrrole nitrogens is 1. The summed E-state index contributed by atoms with van der Waals surface area (Å²) >= 11 is 0. The molecule has 0 radical (unpaired) electrons. The fraction of sp³-hybridized carbons (Fsp3) is 0.200. The van der Waals surface area contributed by atoms with Gasteiger partial charge < -0.3 is 15.8 Å². The highest BCUT2D eigenvalue weighted by molar-refractivity contribution is 6.01. The van der Waals surface area contributed by atoms with Gasteiger partial charge in [0.2, 0.25) is 0 Å². The van der Waals surface area contributed by atoms with Gasteiger partial charge >= 0.3 is 0 Å². The Kier molecular flexibility index (Phi) is 3.82. The van der Waals surface area contributed by atoms with Crippen molar-refractivity contribution in [1.82, 2.24) is 20.6 Å². The Morgan fingerprint density at radius 3 is 3.11 bits per heavy atom. The Morgan fingerprint density at radius 2 is 2.39 bits per heavy atom. The van der Waals surface area contributed by atoms with Crippen LogP contribution >= 0.6 is 0 Å². The molecule has 0 aliphatic carbocycles. The van der Waals surface area contributed by atoms with Crippen LogP contribution in [0.15, 0.2) is 24.3 Å². The predicted octanol–water partition coefficient (Wildman–Crippen LogP) is -0.211. The van der Waals surface area contributed by atoms with E-state index in [4.69, 9.17) is 10.5 Å². The van der Waals surface area contributed by atoms with Crippen molar-refractivity contribution in [3.8, 4) is 5.75 Å². The Bertz CT molecular complexity index is 513. The van der Waals surface area contributed by atoms with Crippen LogP contribution in [0.4, 0.5) is 5.69 Å². The topological polar surface area (TPSA) is 119 Å². The number of tetrazole rings is 1. The summed E-state index contributed by atoms with van der Waals surface area (Å²) in [6.45, 7) is 0.849. The molecule has 0 atom stereocenters. The maximum Gasteiger partial charge on any atom is 0.297 e. The van der Waals surface area contributed by atoms with Crippen molar-refractivity contribution >= 4 is 11.6 Å². The average molecular weight is 248 g/mol. The van der Waals surface area contributed by atoms with Crippen molar-refractivity contribution in [2.24, 2.45) is 5.73 Å². The maximum atomic E-state index is 11.6. The Hall–Kier alpha value is -2.48. The number of nitrogens with two attached hydrogens (primary N) is 1. The Morgan fingerprint density at radius 1 is 1.50 bits per heavy atom. The fourth-order valence-electron chi connectivity index (χ4n) is 1.29. The van der Waals surface area contributed by atoms with Crippen LogP contribution < -0.4 is 15.8 Å². The van der Waals surface area contributed by atoms with E-state index in [2.05, 4.69) is 25.9 Å². The summed E-state index contributed by atoms with van der Waals surface area (Å²) in [5.74, 6) is 0.161. The second kappa shape index (κ2) is 5.73. The number of aromatic nitrogens is 4. The third-order valence-electron chi connectivity index (χ3n) is 2.03. The van der Waals surface area contributed by atoms with Crippen molar-refractivity contribution in [2.45, 2.75) is 0 Å². The van der Waals surface area contributed by atoms with Crippen molar-refractivity contribution in [1.29, 1.82) is 0 Å². The number of ether oxygens (including phenoxy) is 1. The lowest BCUT2D eigenvalue weighted by molar-refractivity contribution is 0.101. The first-order chi connectivity index (χ1) is 8.79. The van der Waals surface area contributed by atoms with Crippen LogP contribution in [0.5, 0.6) is 5.75 Å². The summed E-state index contributed by atoms with van der Waals surface area (Å²) in [5.41, 5.74) is 5.92. The lowest BCUT2D eigenvalue weighted by Crippen LogP contribution is -2.14. The van der Waals surface area contributed by atoms with Crippen molar-refractivity contribution < 1.29 is 9.53 Å². The number of hydrogen-bond acceptors (Lipinski definition) is 6. The second-order valence-corrected chi connectivity index (χ2v) is 3.35. The minimum atomic E-state index is -0.445. The predicted molar refractivity (Wildman–Crippen MR) is 63.1 cm³/mol. The van der Waals surface area contributed by atoms with Gasteiger partial charge in [0.15, 0.2) is 0 Å². The van der Waals surface area contributed by atoms with Gasteiger partial charge in [-0.15, -0.1) is 10.2 Å². The quantitative estimate of drug-likeness (QED) is 0.673. The van der Waals surface area contributed by atoms with E-state index in [1.54, 1.807) is 24.3 Å². The number of carbonyl (C=O) groups is 1. The zero-order valence-corrected chi connectivity index (χ0v) is 9.46. The summed E-state index contributed by atoms with van der Waals surface area (Å²) in [4.78, 5) is 11.6. The molecule has 8 heteroatoms. The molecular weight excluding hydrogens is 236 g/mol. The zero-order valence-electron chi connectivity index (χ0n) is 9.46. The number of hydrogen-bond donors (Lipinski definition) is 3. The second-order valence-electron chi connectivity index (χ2n) is 3.35. The smallest absolute Gasteiger partial charge is 0.297 e. The molecule has 2 aromatic rings.